The molecule has 1 aromatic carbocycles. The molecule has 7 heteroatoms. The topological polar surface area (TPSA) is 63.2 Å². The van der Waals surface area contributed by atoms with Crippen molar-refractivity contribution in [1.82, 2.24) is 0 Å². The van der Waals surface area contributed by atoms with Crippen LogP contribution < -0.4 is 4.52 Å². The lowest BCUT2D eigenvalue weighted by atomic mass is 9.92. The molecule has 0 bridgehead atoms. The van der Waals surface area contributed by atoms with E-state index in [1.807, 2.05) is 6.07 Å². The molecule has 2 saturated heterocycles. The average molecular weight is 286 g/mol. The Hall–Kier alpha value is -0.910. The van der Waals surface area contributed by atoms with Crippen LogP contribution in [-0.4, -0.2) is 33.2 Å². The predicted octanol–water partition coefficient (Wildman–Crippen LogP) is 2.21. The van der Waals surface area contributed by atoms with Crippen molar-refractivity contribution >= 4 is 7.82 Å². The van der Waals surface area contributed by atoms with Crippen molar-refractivity contribution in [3.05, 3.63) is 30.3 Å². The lowest BCUT2D eigenvalue weighted by Crippen LogP contribution is -2.47. The SMILES string of the molecule is O=P1(Oc2ccccc2)OCC2(COCOC2)CO1. The monoisotopic (exact) mass is 286 g/mol. The summed E-state index contributed by atoms with van der Waals surface area (Å²) >= 11 is 0. The smallest absolute Gasteiger partial charge is 0.404 e. The maximum Gasteiger partial charge on any atom is 0.530 e. The molecule has 2 fully saturated rings. The highest BCUT2D eigenvalue weighted by Crippen LogP contribution is 2.54. The van der Waals surface area contributed by atoms with Crippen LogP contribution in [0.1, 0.15) is 0 Å². The molecule has 2 aliphatic heterocycles. The molecule has 3 rings (SSSR count). The molecule has 1 spiro atoms. The molecule has 0 amide bonds. The van der Waals surface area contributed by atoms with E-state index in [0.717, 1.165) is 0 Å². The molecule has 0 N–H and O–H groups in total. The first-order valence-corrected chi connectivity index (χ1v) is 7.45. The first-order valence-electron chi connectivity index (χ1n) is 5.99. The fourth-order valence-electron chi connectivity index (χ4n) is 1.96. The molecule has 1 aromatic rings. The molecule has 2 aliphatic rings. The van der Waals surface area contributed by atoms with Gasteiger partial charge in [-0.15, -0.1) is 0 Å². The average Bonchev–Trinajstić information content (AvgIpc) is 2.45. The molecule has 0 unspecified atom stereocenters. The number of phosphoric ester groups is 1. The van der Waals surface area contributed by atoms with Crippen LogP contribution in [0.3, 0.4) is 0 Å². The van der Waals surface area contributed by atoms with Gasteiger partial charge in [0.15, 0.2) is 0 Å². The van der Waals surface area contributed by atoms with Crippen LogP contribution in [0.15, 0.2) is 30.3 Å². The molecule has 19 heavy (non-hydrogen) atoms. The van der Waals surface area contributed by atoms with Crippen molar-refractivity contribution in [1.29, 1.82) is 0 Å². The van der Waals surface area contributed by atoms with Gasteiger partial charge in [-0.25, -0.2) is 4.57 Å². The fraction of sp³-hybridized carbons (Fsp3) is 0.500. The third-order valence-electron chi connectivity index (χ3n) is 3.00. The summed E-state index contributed by atoms with van der Waals surface area (Å²) < 4.78 is 38.7. The van der Waals surface area contributed by atoms with E-state index in [4.69, 9.17) is 23.0 Å². The van der Waals surface area contributed by atoms with Crippen LogP contribution >= 0.6 is 7.82 Å². The van der Waals surface area contributed by atoms with E-state index in [9.17, 15) is 4.57 Å². The maximum atomic E-state index is 12.3. The largest absolute Gasteiger partial charge is 0.530 e. The second-order valence-electron chi connectivity index (χ2n) is 4.71. The summed E-state index contributed by atoms with van der Waals surface area (Å²) in [6.45, 7) is 1.69. The molecule has 0 aliphatic carbocycles. The van der Waals surface area contributed by atoms with Gasteiger partial charge in [-0.3, -0.25) is 9.05 Å². The number of benzene rings is 1. The Labute approximate surface area is 111 Å². The van der Waals surface area contributed by atoms with Crippen LogP contribution in [0.2, 0.25) is 0 Å². The Morgan fingerprint density at radius 1 is 1.00 bits per heavy atom. The molecular formula is C12H15O6P. The number of phosphoric acid groups is 1. The number of para-hydroxylation sites is 1. The summed E-state index contributed by atoms with van der Waals surface area (Å²) in [5.41, 5.74) is -0.383. The van der Waals surface area contributed by atoms with Gasteiger partial charge in [0.05, 0.1) is 31.8 Å². The molecule has 2 heterocycles. The van der Waals surface area contributed by atoms with Crippen molar-refractivity contribution < 1.29 is 27.6 Å². The van der Waals surface area contributed by atoms with E-state index >= 15 is 0 Å². The first-order chi connectivity index (χ1) is 9.20. The molecule has 0 atom stereocenters. The highest BCUT2D eigenvalue weighted by atomic mass is 31.2. The Balaban J connectivity index is 1.64. The molecule has 0 aromatic heterocycles. The van der Waals surface area contributed by atoms with Crippen LogP contribution in [0.5, 0.6) is 5.75 Å². The Morgan fingerprint density at radius 2 is 1.63 bits per heavy atom. The van der Waals surface area contributed by atoms with Crippen LogP contribution in [-0.2, 0) is 23.1 Å². The summed E-state index contributed by atoms with van der Waals surface area (Å²) in [7, 11) is -3.54. The van der Waals surface area contributed by atoms with Crippen LogP contribution in [0.4, 0.5) is 0 Å². The van der Waals surface area contributed by atoms with E-state index in [-0.39, 0.29) is 25.4 Å². The predicted molar refractivity (Wildman–Crippen MR) is 65.8 cm³/mol. The number of hydrogen-bond donors (Lipinski definition) is 0. The maximum absolute atomic E-state index is 12.3. The van der Waals surface area contributed by atoms with Crippen molar-refractivity contribution in [3.63, 3.8) is 0 Å². The zero-order valence-electron chi connectivity index (χ0n) is 10.3. The summed E-state index contributed by atoms with van der Waals surface area (Å²) in [5.74, 6) is 0.456. The lowest BCUT2D eigenvalue weighted by Gasteiger charge is -2.40. The third kappa shape index (κ3) is 2.99. The van der Waals surface area contributed by atoms with Crippen molar-refractivity contribution in [2.45, 2.75) is 0 Å². The number of rotatable bonds is 2. The zero-order valence-corrected chi connectivity index (χ0v) is 11.2. The Morgan fingerprint density at radius 3 is 2.26 bits per heavy atom. The second-order valence-corrected chi connectivity index (χ2v) is 6.31. The number of hydrogen-bond acceptors (Lipinski definition) is 6. The van der Waals surface area contributed by atoms with Gasteiger partial charge in [0, 0.05) is 0 Å². The third-order valence-corrected chi connectivity index (χ3v) is 4.33. The lowest BCUT2D eigenvalue weighted by molar-refractivity contribution is -0.194. The van der Waals surface area contributed by atoms with Gasteiger partial charge in [-0.05, 0) is 12.1 Å². The molecule has 0 radical (unpaired) electrons. The molecule has 104 valence electrons. The second kappa shape index (κ2) is 5.23. The van der Waals surface area contributed by atoms with E-state index in [1.165, 1.54) is 0 Å². The Kier molecular flexibility index (Phi) is 3.60. The van der Waals surface area contributed by atoms with Gasteiger partial charge in [0.25, 0.3) is 0 Å². The van der Waals surface area contributed by atoms with E-state index in [0.29, 0.717) is 19.0 Å². The van der Waals surface area contributed by atoms with Gasteiger partial charge >= 0.3 is 7.82 Å². The van der Waals surface area contributed by atoms with E-state index in [2.05, 4.69) is 0 Å². The van der Waals surface area contributed by atoms with Gasteiger partial charge in [0.1, 0.15) is 12.5 Å². The quantitative estimate of drug-likeness (QED) is 0.777. The minimum atomic E-state index is -3.54. The fourth-order valence-corrected chi connectivity index (χ4v) is 3.38. The van der Waals surface area contributed by atoms with Gasteiger partial charge in [0.2, 0.25) is 0 Å². The van der Waals surface area contributed by atoms with Gasteiger partial charge < -0.3 is 14.0 Å². The van der Waals surface area contributed by atoms with E-state index < -0.39 is 7.82 Å². The highest BCUT2D eigenvalue weighted by Gasteiger charge is 2.46. The minimum absolute atomic E-state index is 0.233. The van der Waals surface area contributed by atoms with E-state index in [1.54, 1.807) is 24.3 Å². The first kappa shape index (κ1) is 13.1. The Bertz CT molecular complexity index is 456. The van der Waals surface area contributed by atoms with Crippen molar-refractivity contribution in [3.8, 4) is 5.75 Å². The number of ether oxygens (including phenoxy) is 2. The standard InChI is InChI=1S/C12H15O6P/c13-19(18-11-4-2-1-3-5-11)16-8-12(9-17-19)6-14-10-15-7-12/h1-5H,6-10H2. The van der Waals surface area contributed by atoms with Gasteiger partial charge in [-0.1, -0.05) is 18.2 Å². The van der Waals surface area contributed by atoms with Gasteiger partial charge in [-0.2, -0.15) is 0 Å². The van der Waals surface area contributed by atoms with Crippen molar-refractivity contribution in [2.24, 2.45) is 5.41 Å². The molecule has 0 saturated carbocycles. The summed E-state index contributed by atoms with van der Waals surface area (Å²) in [4.78, 5) is 0. The van der Waals surface area contributed by atoms with Crippen LogP contribution in [0.25, 0.3) is 0 Å². The normalized spacial score (nSPS) is 25.1. The van der Waals surface area contributed by atoms with Crippen molar-refractivity contribution in [2.75, 3.05) is 33.2 Å². The molecule has 6 nitrogen and oxygen atoms in total. The summed E-state index contributed by atoms with van der Waals surface area (Å²) in [6, 6.07) is 8.82. The minimum Gasteiger partial charge on any atom is -0.404 e. The molecular weight excluding hydrogens is 271 g/mol. The van der Waals surface area contributed by atoms with Crippen LogP contribution in [0, 0.1) is 5.41 Å². The summed E-state index contributed by atoms with van der Waals surface area (Å²) in [5, 5.41) is 0. The highest BCUT2D eigenvalue weighted by molar-refractivity contribution is 7.49. The zero-order chi connectivity index (χ0) is 13.2. The summed E-state index contributed by atoms with van der Waals surface area (Å²) in [6.07, 6.45) is 0.